The third-order valence-electron chi connectivity index (χ3n) is 3.33. The van der Waals surface area contributed by atoms with Gasteiger partial charge in [-0.25, -0.2) is 13.8 Å². The molecule has 0 atom stereocenters. The predicted molar refractivity (Wildman–Crippen MR) is 80.5 cm³/mol. The molecule has 1 heterocycles. The molecule has 0 fully saturated rings. The highest BCUT2D eigenvalue weighted by Crippen LogP contribution is 2.31. The van der Waals surface area contributed by atoms with Crippen LogP contribution < -0.4 is 4.74 Å². The molecule has 0 spiro atoms. The molecule has 0 unspecified atom stereocenters. The maximum absolute atomic E-state index is 13.0. The lowest BCUT2D eigenvalue weighted by Gasteiger charge is -2.12. The van der Waals surface area contributed by atoms with Crippen LogP contribution in [-0.4, -0.2) is 9.97 Å². The van der Waals surface area contributed by atoms with Gasteiger partial charge in [-0.2, -0.15) is 4.98 Å². The topological polar surface area (TPSA) is 35.0 Å². The van der Waals surface area contributed by atoms with Crippen molar-refractivity contribution < 1.29 is 13.5 Å². The monoisotopic (exact) mass is 300 g/mol. The number of halogens is 2. The molecule has 0 aliphatic heterocycles. The van der Waals surface area contributed by atoms with Crippen LogP contribution in [0.3, 0.4) is 0 Å². The van der Waals surface area contributed by atoms with E-state index in [0.717, 1.165) is 11.1 Å². The van der Waals surface area contributed by atoms with E-state index in [0.29, 0.717) is 16.7 Å². The fourth-order valence-corrected chi connectivity index (χ4v) is 2.16. The van der Waals surface area contributed by atoms with Crippen LogP contribution in [0.1, 0.15) is 23.4 Å². The number of ether oxygens (including phenoxy) is 1. The normalized spacial score (nSPS) is 11.1. The van der Waals surface area contributed by atoms with E-state index in [1.807, 2.05) is 32.0 Å². The Morgan fingerprint density at radius 2 is 1.77 bits per heavy atom. The van der Waals surface area contributed by atoms with E-state index in [2.05, 4.69) is 9.97 Å². The van der Waals surface area contributed by atoms with E-state index in [1.165, 1.54) is 0 Å². The van der Waals surface area contributed by atoms with Crippen molar-refractivity contribution in [2.45, 2.75) is 20.3 Å². The Labute approximate surface area is 126 Å². The fraction of sp³-hybridized carbons (Fsp3) is 0.176. The second kappa shape index (κ2) is 5.67. The molecular formula is C17H14F2N2O. The molecule has 0 bridgehead atoms. The van der Waals surface area contributed by atoms with Gasteiger partial charge in [0.15, 0.2) is 5.82 Å². The first kappa shape index (κ1) is 14.4. The van der Waals surface area contributed by atoms with Crippen LogP contribution in [0.4, 0.5) is 8.78 Å². The average molecular weight is 300 g/mol. The van der Waals surface area contributed by atoms with Crippen LogP contribution in [0.25, 0.3) is 10.9 Å². The maximum Gasteiger partial charge on any atom is 0.297 e. The van der Waals surface area contributed by atoms with Crippen molar-refractivity contribution in [1.29, 1.82) is 0 Å². The number of rotatable bonds is 3. The Kier molecular flexibility index (Phi) is 3.71. The van der Waals surface area contributed by atoms with Gasteiger partial charge in [0.1, 0.15) is 5.75 Å². The number of nitrogens with zero attached hydrogens (tertiary/aromatic N) is 2. The number of hydrogen-bond acceptors (Lipinski definition) is 3. The Morgan fingerprint density at radius 1 is 1.00 bits per heavy atom. The summed E-state index contributed by atoms with van der Waals surface area (Å²) in [5.74, 6) is 0.220. The van der Waals surface area contributed by atoms with Crippen LogP contribution in [0.5, 0.6) is 11.6 Å². The number of hydrogen-bond donors (Lipinski definition) is 0. The lowest BCUT2D eigenvalue weighted by atomic mass is 10.1. The van der Waals surface area contributed by atoms with Crippen molar-refractivity contribution in [3.8, 4) is 11.6 Å². The van der Waals surface area contributed by atoms with Crippen LogP contribution in [0.15, 0.2) is 42.5 Å². The molecule has 0 radical (unpaired) electrons. The second-order valence-corrected chi connectivity index (χ2v) is 5.08. The lowest BCUT2D eigenvalue weighted by molar-refractivity contribution is 0.140. The summed E-state index contributed by atoms with van der Waals surface area (Å²) in [5, 5.41) is 0.604. The standard InChI is InChI=1S/C17H14F2N2O/c1-10-7-8-11(2)14(9-10)22-17-12-5-3-4-6-13(12)20-16(21-17)15(18)19/h3-9,15H,1-2H3. The summed E-state index contributed by atoms with van der Waals surface area (Å²) < 4.78 is 31.8. The molecule has 3 rings (SSSR count). The first-order valence-corrected chi connectivity index (χ1v) is 6.84. The second-order valence-electron chi connectivity index (χ2n) is 5.08. The number of aromatic nitrogens is 2. The van der Waals surface area contributed by atoms with Gasteiger partial charge in [0, 0.05) is 0 Å². The molecule has 3 nitrogen and oxygen atoms in total. The first-order valence-electron chi connectivity index (χ1n) is 6.84. The van der Waals surface area contributed by atoms with Crippen molar-refractivity contribution in [3.63, 3.8) is 0 Å². The molecular weight excluding hydrogens is 286 g/mol. The van der Waals surface area contributed by atoms with Gasteiger partial charge in [-0.3, -0.25) is 0 Å². The molecule has 0 amide bonds. The third kappa shape index (κ3) is 2.74. The number of aryl methyl sites for hydroxylation is 2. The summed E-state index contributed by atoms with van der Waals surface area (Å²) in [7, 11) is 0. The quantitative estimate of drug-likeness (QED) is 0.684. The number of para-hydroxylation sites is 1. The van der Waals surface area contributed by atoms with Gasteiger partial charge >= 0.3 is 0 Å². The molecule has 3 aromatic rings. The summed E-state index contributed by atoms with van der Waals surface area (Å²) >= 11 is 0. The molecule has 0 saturated heterocycles. The average Bonchev–Trinajstić information content (AvgIpc) is 2.50. The maximum atomic E-state index is 13.0. The van der Waals surface area contributed by atoms with E-state index >= 15 is 0 Å². The van der Waals surface area contributed by atoms with E-state index < -0.39 is 12.2 Å². The molecule has 0 N–H and O–H groups in total. The molecule has 22 heavy (non-hydrogen) atoms. The van der Waals surface area contributed by atoms with Crippen molar-refractivity contribution in [2.75, 3.05) is 0 Å². The molecule has 5 heteroatoms. The van der Waals surface area contributed by atoms with E-state index in [9.17, 15) is 8.78 Å². The van der Waals surface area contributed by atoms with Gasteiger partial charge < -0.3 is 4.74 Å². The number of benzene rings is 2. The smallest absolute Gasteiger partial charge is 0.297 e. The summed E-state index contributed by atoms with van der Waals surface area (Å²) in [4.78, 5) is 7.76. The fourth-order valence-electron chi connectivity index (χ4n) is 2.16. The summed E-state index contributed by atoms with van der Waals surface area (Å²) in [6, 6.07) is 12.7. The SMILES string of the molecule is Cc1ccc(C)c(Oc2nc(C(F)F)nc3ccccc23)c1. The molecule has 0 aliphatic carbocycles. The minimum Gasteiger partial charge on any atom is -0.438 e. The Hall–Kier alpha value is -2.56. The first-order chi connectivity index (χ1) is 10.5. The van der Waals surface area contributed by atoms with Crippen molar-refractivity contribution in [2.24, 2.45) is 0 Å². The van der Waals surface area contributed by atoms with Gasteiger partial charge in [0.2, 0.25) is 5.88 Å². The molecule has 112 valence electrons. The van der Waals surface area contributed by atoms with Crippen molar-refractivity contribution in [1.82, 2.24) is 9.97 Å². The molecule has 0 saturated carbocycles. The highest BCUT2D eigenvalue weighted by molar-refractivity contribution is 5.83. The minimum atomic E-state index is -2.74. The van der Waals surface area contributed by atoms with Crippen LogP contribution in [-0.2, 0) is 0 Å². The van der Waals surface area contributed by atoms with Crippen LogP contribution in [0, 0.1) is 13.8 Å². The lowest BCUT2D eigenvalue weighted by Crippen LogP contribution is -2.00. The minimum absolute atomic E-state index is 0.148. The Morgan fingerprint density at radius 3 is 2.55 bits per heavy atom. The van der Waals surface area contributed by atoms with Crippen molar-refractivity contribution >= 4 is 10.9 Å². The number of fused-ring (bicyclic) bond motifs is 1. The van der Waals surface area contributed by atoms with Crippen LogP contribution in [0.2, 0.25) is 0 Å². The van der Waals surface area contributed by atoms with E-state index in [4.69, 9.17) is 4.74 Å². The number of alkyl halides is 2. The molecule has 2 aromatic carbocycles. The zero-order chi connectivity index (χ0) is 15.7. The molecule has 1 aromatic heterocycles. The van der Waals surface area contributed by atoms with E-state index in [1.54, 1.807) is 24.3 Å². The van der Waals surface area contributed by atoms with Gasteiger partial charge in [0.05, 0.1) is 10.9 Å². The van der Waals surface area contributed by atoms with Crippen LogP contribution >= 0.6 is 0 Å². The zero-order valence-electron chi connectivity index (χ0n) is 12.2. The summed E-state index contributed by atoms with van der Waals surface area (Å²) in [6.45, 7) is 3.83. The Bertz CT molecular complexity index is 834. The van der Waals surface area contributed by atoms with Gasteiger partial charge in [-0.1, -0.05) is 24.3 Å². The highest BCUT2D eigenvalue weighted by Gasteiger charge is 2.16. The van der Waals surface area contributed by atoms with Gasteiger partial charge in [-0.05, 0) is 43.2 Å². The zero-order valence-corrected chi connectivity index (χ0v) is 12.2. The summed E-state index contributed by atoms with van der Waals surface area (Å²) in [6.07, 6.45) is -2.74. The Balaban J connectivity index is 2.14. The van der Waals surface area contributed by atoms with Gasteiger partial charge in [0.25, 0.3) is 6.43 Å². The van der Waals surface area contributed by atoms with E-state index in [-0.39, 0.29) is 5.88 Å². The third-order valence-corrected chi connectivity index (χ3v) is 3.33. The summed E-state index contributed by atoms with van der Waals surface area (Å²) in [5.41, 5.74) is 2.37. The molecule has 0 aliphatic rings. The van der Waals surface area contributed by atoms with Crippen molar-refractivity contribution in [3.05, 3.63) is 59.4 Å². The van der Waals surface area contributed by atoms with Gasteiger partial charge in [-0.15, -0.1) is 0 Å². The predicted octanol–water partition coefficient (Wildman–Crippen LogP) is 4.98. The highest BCUT2D eigenvalue weighted by atomic mass is 19.3. The largest absolute Gasteiger partial charge is 0.438 e.